The monoisotopic (exact) mass is 342 g/mol. The second-order valence-electron chi connectivity index (χ2n) is 6.49. The Morgan fingerprint density at radius 2 is 2.20 bits per heavy atom. The first-order chi connectivity index (χ1) is 12.0. The second kappa shape index (κ2) is 7.65. The van der Waals surface area contributed by atoms with Gasteiger partial charge in [-0.1, -0.05) is 12.1 Å². The maximum atomic E-state index is 11.5. The fraction of sp³-hybridized carbons (Fsp3) is 0.500. The van der Waals surface area contributed by atoms with E-state index in [0.717, 1.165) is 43.3 Å². The Kier molecular flexibility index (Phi) is 5.33. The van der Waals surface area contributed by atoms with Crippen LogP contribution in [0, 0.1) is 6.92 Å². The predicted molar refractivity (Wildman–Crippen MR) is 97.2 cm³/mol. The smallest absolute Gasteiger partial charge is 0.234 e. The van der Waals surface area contributed by atoms with Gasteiger partial charge in [-0.05, 0) is 38.5 Å². The van der Waals surface area contributed by atoms with E-state index < -0.39 is 0 Å². The summed E-state index contributed by atoms with van der Waals surface area (Å²) >= 11 is 0. The van der Waals surface area contributed by atoms with Gasteiger partial charge in [-0.25, -0.2) is 0 Å². The summed E-state index contributed by atoms with van der Waals surface area (Å²) in [4.78, 5) is 15.4. The van der Waals surface area contributed by atoms with Crippen LogP contribution in [0.5, 0.6) is 0 Å². The first-order valence-electron chi connectivity index (χ1n) is 8.81. The van der Waals surface area contributed by atoms with Crippen molar-refractivity contribution < 1.29 is 4.79 Å². The Bertz CT molecular complexity index is 741. The van der Waals surface area contributed by atoms with Crippen LogP contribution in [0.3, 0.4) is 0 Å². The van der Waals surface area contributed by atoms with Crippen LogP contribution in [0.4, 0.5) is 5.69 Å². The molecule has 1 saturated heterocycles. The van der Waals surface area contributed by atoms with E-state index in [4.69, 9.17) is 0 Å². The first kappa shape index (κ1) is 17.4. The van der Waals surface area contributed by atoms with Crippen molar-refractivity contribution in [3.05, 3.63) is 41.2 Å². The molecule has 3 rings (SSSR count). The van der Waals surface area contributed by atoms with E-state index in [2.05, 4.69) is 50.9 Å². The van der Waals surface area contributed by atoms with Crippen LogP contribution in [-0.2, 0) is 17.9 Å². The zero-order chi connectivity index (χ0) is 17.8. The van der Waals surface area contributed by atoms with Gasteiger partial charge >= 0.3 is 0 Å². The van der Waals surface area contributed by atoms with Crippen LogP contribution in [0.1, 0.15) is 36.8 Å². The maximum Gasteiger partial charge on any atom is 0.234 e. The molecule has 1 unspecified atom stereocenters. The fourth-order valence-corrected chi connectivity index (χ4v) is 3.15. The number of carbonyl (C=O) groups excluding carboxylic acids is 1. The number of carbonyl (C=O) groups is 1. The Morgan fingerprint density at radius 1 is 1.36 bits per heavy atom. The predicted octanol–water partition coefficient (Wildman–Crippen LogP) is 1.71. The Labute approximate surface area is 148 Å². The number of hydrogen-bond acceptors (Lipinski definition) is 5. The van der Waals surface area contributed by atoms with E-state index in [1.165, 1.54) is 5.56 Å². The average Bonchev–Trinajstić information content (AvgIpc) is 2.96. The normalized spacial score (nSPS) is 16.5. The topological polar surface area (TPSA) is 75.1 Å². The van der Waals surface area contributed by atoms with Crippen molar-refractivity contribution in [2.75, 3.05) is 25.0 Å². The lowest BCUT2D eigenvalue weighted by Gasteiger charge is -2.26. The third-order valence-electron chi connectivity index (χ3n) is 4.39. The standard InChI is InChI=1S/C18H26N6O/c1-4-24-21-14(3)18(22-24)13(2)20-16-7-5-6-15(10-16)11-23-9-8-19-17(25)12-23/h5-7,10,13,20H,4,8-9,11-12H2,1-3H3,(H,19,25). The van der Waals surface area contributed by atoms with E-state index in [1.807, 2.05) is 19.9 Å². The van der Waals surface area contributed by atoms with Crippen molar-refractivity contribution in [3.63, 3.8) is 0 Å². The van der Waals surface area contributed by atoms with Gasteiger partial charge in [0.25, 0.3) is 0 Å². The summed E-state index contributed by atoms with van der Waals surface area (Å²) < 4.78 is 0. The number of hydrogen-bond donors (Lipinski definition) is 2. The molecule has 1 fully saturated rings. The SMILES string of the molecule is CCn1nc(C)c(C(C)Nc2cccc(CN3CCNC(=O)C3)c2)n1. The summed E-state index contributed by atoms with van der Waals surface area (Å²) in [5.74, 6) is 0.101. The molecule has 1 aliphatic rings. The summed E-state index contributed by atoms with van der Waals surface area (Å²) in [6.45, 7) is 9.75. The van der Waals surface area contributed by atoms with Crippen molar-refractivity contribution in [1.82, 2.24) is 25.2 Å². The van der Waals surface area contributed by atoms with Crippen LogP contribution in [0.2, 0.25) is 0 Å². The lowest BCUT2D eigenvalue weighted by molar-refractivity contribution is -0.124. The number of nitrogens with one attached hydrogen (secondary N) is 2. The van der Waals surface area contributed by atoms with Crippen molar-refractivity contribution in [1.29, 1.82) is 0 Å². The Morgan fingerprint density at radius 3 is 2.92 bits per heavy atom. The number of aromatic nitrogens is 3. The lowest BCUT2D eigenvalue weighted by atomic mass is 10.1. The number of piperazine rings is 1. The number of aryl methyl sites for hydroxylation is 2. The molecule has 1 aromatic heterocycles. The molecular weight excluding hydrogens is 316 g/mol. The summed E-state index contributed by atoms with van der Waals surface area (Å²) in [7, 11) is 0. The van der Waals surface area contributed by atoms with Gasteiger partial charge in [-0.15, -0.1) is 0 Å². The minimum Gasteiger partial charge on any atom is -0.377 e. The highest BCUT2D eigenvalue weighted by molar-refractivity contribution is 5.78. The van der Waals surface area contributed by atoms with Gasteiger partial charge in [0.15, 0.2) is 0 Å². The minimum absolute atomic E-state index is 0.0799. The first-order valence-corrected chi connectivity index (χ1v) is 8.81. The fourth-order valence-electron chi connectivity index (χ4n) is 3.15. The summed E-state index contributed by atoms with van der Waals surface area (Å²) in [5.41, 5.74) is 4.18. The summed E-state index contributed by atoms with van der Waals surface area (Å²) in [6, 6.07) is 8.42. The third kappa shape index (κ3) is 4.36. The number of amides is 1. The number of anilines is 1. The second-order valence-corrected chi connectivity index (χ2v) is 6.49. The molecule has 7 nitrogen and oxygen atoms in total. The van der Waals surface area contributed by atoms with Crippen LogP contribution in [0.15, 0.2) is 24.3 Å². The van der Waals surface area contributed by atoms with Crippen LogP contribution in [0.25, 0.3) is 0 Å². The molecule has 1 aliphatic heterocycles. The Balaban J connectivity index is 1.66. The molecule has 7 heteroatoms. The highest BCUT2D eigenvalue weighted by Gasteiger charge is 2.17. The van der Waals surface area contributed by atoms with Gasteiger partial charge in [0.1, 0.15) is 5.69 Å². The quantitative estimate of drug-likeness (QED) is 0.836. The molecule has 0 aliphatic carbocycles. The van der Waals surface area contributed by atoms with E-state index in [0.29, 0.717) is 6.54 Å². The molecular formula is C18H26N6O. The molecule has 1 amide bonds. The van der Waals surface area contributed by atoms with E-state index >= 15 is 0 Å². The molecule has 0 saturated carbocycles. The molecule has 2 aromatic rings. The molecule has 25 heavy (non-hydrogen) atoms. The molecule has 1 atom stereocenters. The van der Waals surface area contributed by atoms with Crippen molar-refractivity contribution in [2.45, 2.75) is 39.9 Å². The largest absolute Gasteiger partial charge is 0.377 e. The molecule has 2 heterocycles. The van der Waals surface area contributed by atoms with Gasteiger partial charge in [-0.2, -0.15) is 15.0 Å². The van der Waals surface area contributed by atoms with Crippen LogP contribution >= 0.6 is 0 Å². The van der Waals surface area contributed by atoms with E-state index in [-0.39, 0.29) is 11.9 Å². The van der Waals surface area contributed by atoms with Gasteiger partial charge in [-0.3, -0.25) is 9.69 Å². The van der Waals surface area contributed by atoms with E-state index in [1.54, 1.807) is 4.80 Å². The van der Waals surface area contributed by atoms with Gasteiger partial charge in [0.05, 0.1) is 24.8 Å². The third-order valence-corrected chi connectivity index (χ3v) is 4.39. The summed E-state index contributed by atoms with van der Waals surface area (Å²) in [6.07, 6.45) is 0. The molecule has 0 radical (unpaired) electrons. The molecule has 134 valence electrons. The molecule has 0 spiro atoms. The molecule has 0 bridgehead atoms. The highest BCUT2D eigenvalue weighted by atomic mass is 16.2. The maximum absolute atomic E-state index is 11.5. The number of nitrogens with zero attached hydrogens (tertiary/aromatic N) is 4. The van der Waals surface area contributed by atoms with Crippen LogP contribution in [-0.4, -0.2) is 45.4 Å². The Hall–Kier alpha value is -2.41. The van der Waals surface area contributed by atoms with Gasteiger partial charge < -0.3 is 10.6 Å². The number of rotatable bonds is 6. The van der Waals surface area contributed by atoms with Gasteiger partial charge in [0, 0.05) is 25.3 Å². The molecule has 1 aromatic carbocycles. The van der Waals surface area contributed by atoms with Gasteiger partial charge in [0.2, 0.25) is 5.91 Å². The minimum atomic E-state index is 0.0799. The molecule has 2 N–H and O–H groups in total. The average molecular weight is 342 g/mol. The zero-order valence-corrected chi connectivity index (χ0v) is 15.1. The summed E-state index contributed by atoms with van der Waals surface area (Å²) in [5, 5.41) is 15.3. The lowest BCUT2D eigenvalue weighted by Crippen LogP contribution is -2.47. The van der Waals surface area contributed by atoms with Crippen molar-refractivity contribution >= 4 is 11.6 Å². The van der Waals surface area contributed by atoms with Crippen LogP contribution < -0.4 is 10.6 Å². The van der Waals surface area contributed by atoms with E-state index in [9.17, 15) is 4.79 Å². The van der Waals surface area contributed by atoms with Crippen molar-refractivity contribution in [3.8, 4) is 0 Å². The van der Waals surface area contributed by atoms with Crippen molar-refractivity contribution in [2.24, 2.45) is 0 Å². The highest BCUT2D eigenvalue weighted by Crippen LogP contribution is 2.21. The zero-order valence-electron chi connectivity index (χ0n) is 15.1. The number of benzene rings is 1.